The van der Waals surface area contributed by atoms with Crippen molar-refractivity contribution in [3.05, 3.63) is 41.3 Å². The smallest absolute Gasteiger partial charge is 0.167 e. The molecule has 3 rings (SSSR count). The number of fused-ring (bicyclic) bond motifs is 1. The lowest BCUT2D eigenvalue weighted by molar-refractivity contribution is 0.0995. The molecule has 0 aliphatic heterocycles. The van der Waals surface area contributed by atoms with E-state index >= 15 is 0 Å². The molecular weight excluding hydrogens is 219 g/mol. The number of rotatable bonds is 1. The first-order chi connectivity index (χ1) is 8.18. The van der Waals surface area contributed by atoms with Crippen LogP contribution >= 0.6 is 0 Å². The summed E-state index contributed by atoms with van der Waals surface area (Å²) >= 11 is 0. The third-order valence-corrected chi connectivity index (χ3v) is 3.16. The Bertz CT molecular complexity index is 616. The third-order valence-electron chi connectivity index (χ3n) is 3.16. The molecule has 1 heterocycles. The molecule has 0 fully saturated rings. The van der Waals surface area contributed by atoms with Crippen molar-refractivity contribution in [3.8, 4) is 11.3 Å². The Kier molecular flexibility index (Phi) is 2.11. The highest BCUT2D eigenvalue weighted by Gasteiger charge is 2.29. The molecule has 1 aromatic heterocycles. The molecule has 0 unspecified atom stereocenters. The van der Waals surface area contributed by atoms with Gasteiger partial charge in [-0.05, 0) is 18.6 Å². The minimum Gasteiger partial charge on any atom is -0.294 e. The lowest BCUT2D eigenvalue weighted by Gasteiger charge is -2.00. The second kappa shape index (κ2) is 3.52. The van der Waals surface area contributed by atoms with E-state index in [0.717, 1.165) is 5.69 Å². The molecule has 1 aliphatic rings. The molecule has 0 amide bonds. The van der Waals surface area contributed by atoms with Crippen molar-refractivity contribution in [1.29, 1.82) is 0 Å². The Hall–Kier alpha value is -1.97. The zero-order valence-electron chi connectivity index (χ0n) is 9.40. The van der Waals surface area contributed by atoms with Crippen LogP contribution < -0.4 is 0 Å². The summed E-state index contributed by atoms with van der Waals surface area (Å²) in [6.45, 7) is 0. The van der Waals surface area contributed by atoms with Crippen LogP contribution in [0.25, 0.3) is 11.3 Å². The third kappa shape index (κ3) is 1.40. The van der Waals surface area contributed by atoms with Crippen molar-refractivity contribution >= 4 is 5.78 Å². The monoisotopic (exact) mass is 230 g/mol. The van der Waals surface area contributed by atoms with Gasteiger partial charge in [-0.2, -0.15) is 5.10 Å². The predicted octanol–water partition coefficient (Wildman–Crippen LogP) is 2.36. The van der Waals surface area contributed by atoms with Gasteiger partial charge in [0.05, 0.1) is 5.56 Å². The molecule has 0 spiro atoms. The van der Waals surface area contributed by atoms with Crippen LogP contribution in [0.1, 0.15) is 22.5 Å². The Morgan fingerprint density at radius 1 is 1.29 bits per heavy atom. The van der Waals surface area contributed by atoms with Crippen LogP contribution in [-0.4, -0.2) is 15.6 Å². The maximum atomic E-state index is 13.7. The fourth-order valence-electron chi connectivity index (χ4n) is 2.34. The average molecular weight is 230 g/mol. The topological polar surface area (TPSA) is 34.9 Å². The summed E-state index contributed by atoms with van der Waals surface area (Å²) in [4.78, 5) is 11.8. The van der Waals surface area contributed by atoms with Gasteiger partial charge in [0.15, 0.2) is 5.78 Å². The molecule has 0 atom stereocenters. The molecule has 0 N–H and O–H groups in total. The number of hydrogen-bond acceptors (Lipinski definition) is 2. The average Bonchev–Trinajstić information content (AvgIpc) is 2.83. The van der Waals surface area contributed by atoms with Gasteiger partial charge in [0, 0.05) is 24.7 Å². The molecular formula is C13H11FN2O. The van der Waals surface area contributed by atoms with Crippen molar-refractivity contribution < 1.29 is 9.18 Å². The van der Waals surface area contributed by atoms with E-state index in [1.54, 1.807) is 29.9 Å². The van der Waals surface area contributed by atoms with Crippen molar-refractivity contribution in [2.24, 2.45) is 7.05 Å². The van der Waals surface area contributed by atoms with Crippen molar-refractivity contribution in [3.63, 3.8) is 0 Å². The van der Waals surface area contributed by atoms with Crippen molar-refractivity contribution in [2.75, 3.05) is 0 Å². The first-order valence-corrected chi connectivity index (χ1v) is 5.52. The second-order valence-electron chi connectivity index (χ2n) is 4.20. The fraction of sp³-hybridized carbons (Fsp3) is 0.231. The van der Waals surface area contributed by atoms with E-state index in [4.69, 9.17) is 0 Å². The molecule has 17 heavy (non-hydrogen) atoms. The van der Waals surface area contributed by atoms with Gasteiger partial charge in [-0.25, -0.2) is 4.39 Å². The largest absolute Gasteiger partial charge is 0.294 e. The number of aryl methyl sites for hydroxylation is 1. The molecule has 1 aromatic carbocycles. The number of ketones is 1. The number of halogens is 1. The summed E-state index contributed by atoms with van der Waals surface area (Å²) in [6, 6.07) is 6.42. The molecule has 1 aliphatic carbocycles. The lowest BCUT2D eigenvalue weighted by Crippen LogP contribution is -1.97. The summed E-state index contributed by atoms with van der Waals surface area (Å²) in [7, 11) is 1.79. The highest BCUT2D eigenvalue weighted by Crippen LogP contribution is 2.32. The van der Waals surface area contributed by atoms with Gasteiger partial charge in [-0.3, -0.25) is 9.48 Å². The SMILES string of the molecule is Cn1nc(-c2ccccc2F)c2c1CCC2=O. The highest BCUT2D eigenvalue weighted by molar-refractivity contribution is 6.05. The first kappa shape index (κ1) is 10.2. The number of carbonyl (C=O) groups is 1. The van der Waals surface area contributed by atoms with Crippen molar-refractivity contribution in [2.45, 2.75) is 12.8 Å². The maximum Gasteiger partial charge on any atom is 0.167 e. The molecule has 0 saturated carbocycles. The van der Waals surface area contributed by atoms with Gasteiger partial charge in [-0.15, -0.1) is 0 Å². The van der Waals surface area contributed by atoms with Crippen LogP contribution in [0.15, 0.2) is 24.3 Å². The summed E-state index contributed by atoms with van der Waals surface area (Å²) in [5.74, 6) is -0.278. The van der Waals surface area contributed by atoms with Crippen molar-refractivity contribution in [1.82, 2.24) is 9.78 Å². The van der Waals surface area contributed by atoms with E-state index in [9.17, 15) is 9.18 Å². The molecule has 4 heteroatoms. The normalized spacial score (nSPS) is 14.1. The summed E-state index contributed by atoms with van der Waals surface area (Å²) in [5, 5.41) is 4.27. The highest BCUT2D eigenvalue weighted by atomic mass is 19.1. The van der Waals surface area contributed by atoms with Crippen LogP contribution in [0.5, 0.6) is 0 Å². The van der Waals surface area contributed by atoms with Crippen LogP contribution in [0.4, 0.5) is 4.39 Å². The van der Waals surface area contributed by atoms with E-state index in [1.807, 2.05) is 0 Å². The zero-order chi connectivity index (χ0) is 12.0. The Labute approximate surface area is 97.9 Å². The van der Waals surface area contributed by atoms with Gasteiger partial charge in [0.1, 0.15) is 11.5 Å². The fourth-order valence-corrected chi connectivity index (χ4v) is 2.34. The quantitative estimate of drug-likeness (QED) is 0.753. The Morgan fingerprint density at radius 3 is 2.82 bits per heavy atom. The minimum absolute atomic E-state index is 0.0614. The molecule has 2 aromatic rings. The van der Waals surface area contributed by atoms with E-state index in [2.05, 4.69) is 5.10 Å². The number of Topliss-reactive ketones (excluding diaryl/α,β-unsaturated/α-hetero) is 1. The molecule has 0 radical (unpaired) electrons. The number of carbonyl (C=O) groups excluding carboxylic acids is 1. The molecule has 0 bridgehead atoms. The Morgan fingerprint density at radius 2 is 2.06 bits per heavy atom. The van der Waals surface area contributed by atoms with E-state index in [0.29, 0.717) is 29.7 Å². The Balaban J connectivity index is 2.27. The van der Waals surface area contributed by atoms with Gasteiger partial charge >= 0.3 is 0 Å². The summed E-state index contributed by atoms with van der Waals surface area (Å²) in [6.07, 6.45) is 1.20. The molecule has 3 nitrogen and oxygen atoms in total. The second-order valence-corrected chi connectivity index (χ2v) is 4.20. The van der Waals surface area contributed by atoms with E-state index in [-0.39, 0.29) is 11.6 Å². The number of nitrogens with zero attached hydrogens (tertiary/aromatic N) is 2. The summed E-state index contributed by atoms with van der Waals surface area (Å²) < 4.78 is 15.4. The number of aromatic nitrogens is 2. The van der Waals surface area contributed by atoms with E-state index in [1.165, 1.54) is 6.07 Å². The minimum atomic E-state index is -0.340. The standard InChI is InChI=1S/C13H11FN2O/c1-16-10-6-7-11(17)12(10)13(15-16)8-4-2-3-5-9(8)14/h2-5H,6-7H2,1H3. The van der Waals surface area contributed by atoms with Crippen LogP contribution in [0, 0.1) is 5.82 Å². The van der Waals surface area contributed by atoms with Gasteiger partial charge < -0.3 is 0 Å². The van der Waals surface area contributed by atoms with Crippen LogP contribution in [-0.2, 0) is 13.5 Å². The maximum absolute atomic E-state index is 13.7. The van der Waals surface area contributed by atoms with Crippen LogP contribution in [0.2, 0.25) is 0 Å². The molecule has 86 valence electrons. The predicted molar refractivity (Wildman–Crippen MR) is 61.3 cm³/mol. The first-order valence-electron chi connectivity index (χ1n) is 5.52. The number of benzene rings is 1. The molecule has 0 saturated heterocycles. The lowest BCUT2D eigenvalue weighted by atomic mass is 10.1. The number of hydrogen-bond donors (Lipinski definition) is 0. The van der Waals surface area contributed by atoms with Gasteiger partial charge in [0.2, 0.25) is 0 Å². The summed E-state index contributed by atoms with van der Waals surface area (Å²) in [5.41, 5.74) is 2.38. The zero-order valence-corrected chi connectivity index (χ0v) is 9.40. The van der Waals surface area contributed by atoms with E-state index < -0.39 is 0 Å². The van der Waals surface area contributed by atoms with Crippen LogP contribution in [0.3, 0.4) is 0 Å². The van der Waals surface area contributed by atoms with Gasteiger partial charge in [0.25, 0.3) is 0 Å². The van der Waals surface area contributed by atoms with Gasteiger partial charge in [-0.1, -0.05) is 12.1 Å².